The Labute approximate surface area is 396 Å². The van der Waals surface area contributed by atoms with E-state index in [2.05, 4.69) is 221 Å². The molecule has 330 valence electrons. The number of para-hydroxylation sites is 6. The number of pyridine rings is 2. The molecule has 0 aliphatic heterocycles. The first-order valence-corrected chi connectivity index (χ1v) is 24.1. The van der Waals surface area contributed by atoms with Gasteiger partial charge in [-0.15, -0.1) is 0 Å². The minimum absolute atomic E-state index is 0.0972. The largest absolute Gasteiger partial charge is 0.455 e. The van der Waals surface area contributed by atoms with Gasteiger partial charge in [0.1, 0.15) is 22.3 Å². The van der Waals surface area contributed by atoms with Crippen LogP contribution >= 0.6 is 0 Å². The molecule has 5 heterocycles. The molecule has 5 heteroatoms. The van der Waals surface area contributed by atoms with Crippen LogP contribution in [0.4, 0.5) is 0 Å². The smallest absolute Gasteiger partial charge is 0.159 e. The van der Waals surface area contributed by atoms with Crippen molar-refractivity contribution in [3.63, 3.8) is 0 Å². The topological polar surface area (TPSA) is 49.3 Å². The van der Waals surface area contributed by atoms with E-state index in [1.54, 1.807) is 0 Å². The monoisotopic (exact) mass is 890 g/mol. The van der Waals surface area contributed by atoms with Crippen LogP contribution in [0.2, 0.25) is 0 Å². The molecule has 10 aromatic carbocycles. The fourth-order valence-corrected chi connectivity index (χ4v) is 12.1. The Bertz CT molecular complexity index is 4440. The minimum Gasteiger partial charge on any atom is -0.455 e. The average molecular weight is 891 g/mol. The fourth-order valence-electron chi connectivity index (χ4n) is 12.1. The number of furan rings is 3. The summed E-state index contributed by atoms with van der Waals surface area (Å²) in [5.74, 6) is 0. The number of hydrogen-bond donors (Lipinski definition) is 0. The molecule has 0 bridgehead atoms. The van der Waals surface area contributed by atoms with E-state index < -0.39 is 0 Å². The summed E-state index contributed by atoms with van der Waals surface area (Å²) in [4.78, 5) is 0. The highest BCUT2D eigenvalue weighted by Gasteiger charge is 2.27. The highest BCUT2D eigenvalue weighted by atomic mass is 16.3. The Kier molecular flexibility index (Phi) is 7.44. The highest BCUT2D eigenvalue weighted by molar-refractivity contribution is 6.33. The van der Waals surface area contributed by atoms with Crippen LogP contribution in [0.25, 0.3) is 142 Å². The predicted molar refractivity (Wildman–Crippen MR) is 289 cm³/mol. The van der Waals surface area contributed by atoms with Gasteiger partial charge in [0.2, 0.25) is 0 Å². The van der Waals surface area contributed by atoms with Crippen molar-refractivity contribution < 1.29 is 13.3 Å². The molecule has 5 aromatic heterocycles. The molecule has 0 unspecified atom stereocenters. The molecule has 0 saturated carbocycles. The van der Waals surface area contributed by atoms with Gasteiger partial charge in [0.15, 0.2) is 11.2 Å². The zero-order valence-electron chi connectivity index (χ0n) is 39.3. The zero-order valence-corrected chi connectivity index (χ0v) is 39.3. The number of nitrogens with zero attached hydrogens (tertiary/aromatic N) is 2. The van der Waals surface area contributed by atoms with Crippen LogP contribution in [0, 0.1) is 0 Å². The lowest BCUT2D eigenvalue weighted by atomic mass is 9.86. The van der Waals surface area contributed by atoms with Gasteiger partial charge in [0.05, 0.1) is 33.4 Å². The summed E-state index contributed by atoms with van der Waals surface area (Å²) in [5.41, 5.74) is 14.0. The second kappa shape index (κ2) is 13.2. The molecule has 0 radical (unpaired) electrons. The average Bonchev–Trinajstić information content (AvgIpc) is 4.06. The first-order chi connectivity index (χ1) is 33.5. The highest BCUT2D eigenvalue weighted by Crippen LogP contribution is 2.49. The predicted octanol–water partition coefficient (Wildman–Crippen LogP) is 18.5. The summed E-state index contributed by atoms with van der Waals surface area (Å²) in [5, 5.41) is 15.7. The summed E-state index contributed by atoms with van der Waals surface area (Å²) < 4.78 is 26.4. The maximum absolute atomic E-state index is 7.33. The van der Waals surface area contributed by atoms with E-state index in [-0.39, 0.29) is 10.8 Å². The van der Waals surface area contributed by atoms with E-state index in [0.29, 0.717) is 0 Å². The van der Waals surface area contributed by atoms with E-state index in [1.807, 2.05) is 0 Å². The molecule has 0 aliphatic rings. The Morgan fingerprint density at radius 1 is 0.275 bits per heavy atom. The van der Waals surface area contributed by atoms with E-state index in [9.17, 15) is 0 Å². The normalized spacial score (nSPS) is 13.1. The Morgan fingerprint density at radius 2 is 0.609 bits per heavy atom. The Balaban J connectivity index is 1.11. The van der Waals surface area contributed by atoms with Crippen molar-refractivity contribution in [2.75, 3.05) is 0 Å². The molecule has 5 nitrogen and oxygen atoms in total. The zero-order chi connectivity index (χ0) is 46.2. The SMILES string of the molecule is CC(C)(C)c1cccc2c1oc1c(-n3c4ccccc4c4cccc5c6oc7c(cc8c9c(cccc79)c7ccccc7n8-c7cccc8c7oc7c(C(C)(C)C)cccc78)c6cc3c45)cccc12. The Hall–Kier alpha value is -8.28. The molecule has 69 heavy (non-hydrogen) atoms. The number of aromatic nitrogens is 2. The molecule has 15 rings (SSSR count). The lowest BCUT2D eigenvalue weighted by Gasteiger charge is -2.20. The van der Waals surface area contributed by atoms with Gasteiger partial charge in [-0.05, 0) is 58.0 Å². The van der Waals surface area contributed by atoms with Gasteiger partial charge in [-0.3, -0.25) is 0 Å². The third-order valence-electron chi connectivity index (χ3n) is 15.1. The molecule has 0 N–H and O–H groups in total. The van der Waals surface area contributed by atoms with Gasteiger partial charge in [-0.1, -0.05) is 175 Å². The quantitative estimate of drug-likeness (QED) is 0.128. The summed E-state index contributed by atoms with van der Waals surface area (Å²) in [6.07, 6.45) is 0. The van der Waals surface area contributed by atoms with Crippen LogP contribution in [0.1, 0.15) is 52.7 Å². The standard InChI is InChI=1S/C64H46N2O3/c1-63(2,3)47-27-13-21-39-41-23-15-31-51(61(41)68-59(39)47)65-49-29-9-7-17-35(49)37-19-11-25-43-55(37)53(65)33-45-46-34-54-56-38(20-12-26-44(56)58(46)67-57(43)45)36-18-8-10-30-50(36)66(54)52-32-16-24-42-40-22-14-28-48(64(4,5)6)60(40)69-62(42)52/h7-34H,1-6H3. The number of hydrogen-bond acceptors (Lipinski definition) is 3. The Morgan fingerprint density at radius 3 is 1.04 bits per heavy atom. The molecule has 0 saturated heterocycles. The van der Waals surface area contributed by atoms with Crippen LogP contribution in [0.3, 0.4) is 0 Å². The first-order valence-electron chi connectivity index (χ1n) is 24.1. The van der Waals surface area contributed by atoms with Gasteiger partial charge in [0.25, 0.3) is 0 Å². The second-order valence-corrected chi connectivity index (χ2v) is 21.2. The van der Waals surface area contributed by atoms with Crippen molar-refractivity contribution in [1.82, 2.24) is 9.13 Å². The van der Waals surface area contributed by atoms with E-state index in [0.717, 1.165) is 121 Å². The van der Waals surface area contributed by atoms with Crippen molar-refractivity contribution in [3.8, 4) is 11.4 Å². The van der Waals surface area contributed by atoms with E-state index in [4.69, 9.17) is 13.3 Å². The van der Waals surface area contributed by atoms with Crippen LogP contribution < -0.4 is 0 Å². The third kappa shape index (κ3) is 5.09. The molecule has 0 aliphatic carbocycles. The van der Waals surface area contributed by atoms with Crippen molar-refractivity contribution in [2.45, 2.75) is 52.4 Å². The number of benzene rings is 10. The molecular weight excluding hydrogens is 845 g/mol. The summed E-state index contributed by atoms with van der Waals surface area (Å²) >= 11 is 0. The van der Waals surface area contributed by atoms with Gasteiger partial charge < -0.3 is 22.4 Å². The lowest BCUT2D eigenvalue weighted by Crippen LogP contribution is -2.10. The van der Waals surface area contributed by atoms with E-state index >= 15 is 0 Å². The van der Waals surface area contributed by atoms with Gasteiger partial charge in [-0.2, -0.15) is 0 Å². The van der Waals surface area contributed by atoms with Gasteiger partial charge >= 0.3 is 0 Å². The molecule has 0 fully saturated rings. The third-order valence-corrected chi connectivity index (χ3v) is 15.1. The van der Waals surface area contributed by atoms with E-state index in [1.165, 1.54) is 32.7 Å². The summed E-state index contributed by atoms with van der Waals surface area (Å²) in [6, 6.07) is 62.0. The number of rotatable bonds is 2. The second-order valence-electron chi connectivity index (χ2n) is 21.2. The number of fused-ring (bicyclic) bond motifs is 15. The molecular formula is C64H46N2O3. The maximum Gasteiger partial charge on any atom is 0.159 e. The maximum atomic E-state index is 7.33. The molecule has 0 amide bonds. The van der Waals surface area contributed by atoms with Crippen LogP contribution in [-0.4, -0.2) is 9.13 Å². The van der Waals surface area contributed by atoms with Crippen LogP contribution in [0.5, 0.6) is 0 Å². The lowest BCUT2D eigenvalue weighted by molar-refractivity contribution is 0.572. The van der Waals surface area contributed by atoms with Crippen LogP contribution in [-0.2, 0) is 10.8 Å². The van der Waals surface area contributed by atoms with Crippen molar-refractivity contribution in [3.05, 3.63) is 181 Å². The molecule has 0 spiro atoms. The van der Waals surface area contributed by atoms with Gasteiger partial charge in [-0.25, -0.2) is 0 Å². The van der Waals surface area contributed by atoms with Gasteiger partial charge in [0, 0.05) is 75.8 Å². The van der Waals surface area contributed by atoms with Crippen molar-refractivity contribution in [1.29, 1.82) is 0 Å². The van der Waals surface area contributed by atoms with Crippen molar-refractivity contribution in [2.24, 2.45) is 0 Å². The summed E-state index contributed by atoms with van der Waals surface area (Å²) in [6.45, 7) is 13.5. The summed E-state index contributed by atoms with van der Waals surface area (Å²) in [7, 11) is 0. The minimum atomic E-state index is -0.0972. The molecule has 15 aromatic rings. The van der Waals surface area contributed by atoms with Crippen LogP contribution in [0.15, 0.2) is 183 Å². The fraction of sp³-hybridized carbons (Fsp3) is 0.125. The first kappa shape index (κ1) is 38.8. The van der Waals surface area contributed by atoms with Crippen molar-refractivity contribution >= 4 is 131 Å². The molecule has 0 atom stereocenters.